The van der Waals surface area contributed by atoms with Crippen molar-refractivity contribution < 1.29 is 14.3 Å². The van der Waals surface area contributed by atoms with E-state index in [0.717, 1.165) is 19.5 Å². The van der Waals surface area contributed by atoms with Crippen molar-refractivity contribution in [2.75, 3.05) is 39.3 Å². The van der Waals surface area contributed by atoms with Crippen LogP contribution in [0.2, 0.25) is 5.02 Å². The third kappa shape index (κ3) is 3.69. The monoisotopic (exact) mass is 300 g/mol. The van der Waals surface area contributed by atoms with Crippen LogP contribution in [0.15, 0.2) is 18.2 Å². The van der Waals surface area contributed by atoms with Gasteiger partial charge in [-0.15, -0.1) is 0 Å². The molecule has 1 amide bonds. The minimum atomic E-state index is -0.520. The second kappa shape index (κ2) is 7.02. The molecule has 1 aliphatic rings. The van der Waals surface area contributed by atoms with Gasteiger partial charge in [-0.1, -0.05) is 11.6 Å². The van der Waals surface area contributed by atoms with Crippen LogP contribution in [0.5, 0.6) is 0 Å². The van der Waals surface area contributed by atoms with Gasteiger partial charge < -0.3 is 10.0 Å². The summed E-state index contributed by atoms with van der Waals surface area (Å²) in [5.74, 6) is -0.647. The Hall–Kier alpha value is -1.17. The lowest BCUT2D eigenvalue weighted by Gasteiger charge is -2.21. The molecule has 1 aliphatic heterocycles. The van der Waals surface area contributed by atoms with Gasteiger partial charge in [-0.05, 0) is 31.2 Å². The Bertz CT molecular complexity index is 484. The van der Waals surface area contributed by atoms with E-state index in [-0.39, 0.29) is 17.5 Å². The topological polar surface area (TPSA) is 43.8 Å². The van der Waals surface area contributed by atoms with Gasteiger partial charge in [0.2, 0.25) is 0 Å². The van der Waals surface area contributed by atoms with Crippen LogP contribution < -0.4 is 0 Å². The lowest BCUT2D eigenvalue weighted by molar-refractivity contribution is 0.0760. The van der Waals surface area contributed by atoms with Gasteiger partial charge in [-0.2, -0.15) is 0 Å². The van der Waals surface area contributed by atoms with Crippen molar-refractivity contribution in [2.45, 2.75) is 6.42 Å². The van der Waals surface area contributed by atoms with Crippen molar-refractivity contribution in [1.82, 2.24) is 9.80 Å². The highest BCUT2D eigenvalue weighted by Gasteiger charge is 2.20. The minimum absolute atomic E-state index is 0.0346. The van der Waals surface area contributed by atoms with Gasteiger partial charge >= 0.3 is 0 Å². The summed E-state index contributed by atoms with van der Waals surface area (Å²) in [6.07, 6.45) is 0.862. The molecule has 1 aromatic carbocycles. The first kappa shape index (κ1) is 15.2. The fraction of sp³-hybridized carbons (Fsp3) is 0.500. The molecule has 0 unspecified atom stereocenters. The maximum atomic E-state index is 13.1. The Morgan fingerprint density at radius 3 is 2.80 bits per heavy atom. The first-order chi connectivity index (χ1) is 9.61. The highest BCUT2D eigenvalue weighted by atomic mass is 35.5. The number of aliphatic hydroxyl groups is 1. The molecule has 0 aliphatic carbocycles. The van der Waals surface area contributed by atoms with Gasteiger partial charge in [-0.3, -0.25) is 9.69 Å². The van der Waals surface area contributed by atoms with Gasteiger partial charge in [-0.25, -0.2) is 4.39 Å². The fourth-order valence-corrected chi connectivity index (χ4v) is 2.53. The molecule has 1 aromatic rings. The van der Waals surface area contributed by atoms with Gasteiger partial charge in [0, 0.05) is 31.7 Å². The molecule has 20 heavy (non-hydrogen) atoms. The Kier molecular flexibility index (Phi) is 5.34. The average Bonchev–Trinajstić information content (AvgIpc) is 2.67. The Morgan fingerprint density at radius 2 is 2.10 bits per heavy atom. The zero-order valence-corrected chi connectivity index (χ0v) is 11.9. The van der Waals surface area contributed by atoms with E-state index in [2.05, 4.69) is 4.90 Å². The number of carbonyl (C=O) groups excluding carboxylic acids is 1. The zero-order chi connectivity index (χ0) is 14.5. The number of β-amino-alcohol motifs (C(OH)–C–C–N with tert-alkyl or cyclic N) is 1. The maximum absolute atomic E-state index is 13.1. The molecule has 0 radical (unpaired) electrons. The average molecular weight is 301 g/mol. The smallest absolute Gasteiger partial charge is 0.253 e. The second-order valence-corrected chi connectivity index (χ2v) is 5.25. The molecule has 1 fully saturated rings. The SMILES string of the molecule is O=C(c1ccc(F)c(Cl)c1)N1CCCN(CCO)CC1. The molecule has 6 heteroatoms. The number of halogens is 2. The summed E-state index contributed by atoms with van der Waals surface area (Å²) in [6, 6.07) is 4.04. The van der Waals surface area contributed by atoms with Crippen LogP contribution >= 0.6 is 11.6 Å². The number of aliphatic hydroxyl groups excluding tert-OH is 1. The molecule has 0 atom stereocenters. The van der Waals surface area contributed by atoms with Crippen molar-refractivity contribution >= 4 is 17.5 Å². The van der Waals surface area contributed by atoms with Crippen LogP contribution in [-0.2, 0) is 0 Å². The van der Waals surface area contributed by atoms with Crippen LogP contribution in [-0.4, -0.2) is 60.1 Å². The highest BCUT2D eigenvalue weighted by molar-refractivity contribution is 6.31. The maximum Gasteiger partial charge on any atom is 0.253 e. The minimum Gasteiger partial charge on any atom is -0.395 e. The summed E-state index contributed by atoms with van der Waals surface area (Å²) in [6.45, 7) is 3.63. The lowest BCUT2D eigenvalue weighted by Crippen LogP contribution is -2.35. The van der Waals surface area contributed by atoms with E-state index in [1.807, 2.05) is 0 Å². The summed E-state index contributed by atoms with van der Waals surface area (Å²) in [4.78, 5) is 16.2. The van der Waals surface area contributed by atoms with Crippen LogP contribution in [0.1, 0.15) is 16.8 Å². The van der Waals surface area contributed by atoms with E-state index in [0.29, 0.717) is 25.2 Å². The molecule has 1 heterocycles. The van der Waals surface area contributed by atoms with Crippen molar-refractivity contribution in [2.24, 2.45) is 0 Å². The summed E-state index contributed by atoms with van der Waals surface area (Å²) in [7, 11) is 0. The molecule has 1 N–H and O–H groups in total. The number of carbonyl (C=O) groups is 1. The van der Waals surface area contributed by atoms with Crippen LogP contribution in [0.25, 0.3) is 0 Å². The van der Waals surface area contributed by atoms with Crippen molar-refractivity contribution in [3.8, 4) is 0 Å². The molecular weight excluding hydrogens is 283 g/mol. The number of benzene rings is 1. The molecular formula is C14H18ClFN2O2. The number of amides is 1. The quantitative estimate of drug-likeness (QED) is 0.922. The van der Waals surface area contributed by atoms with Crippen molar-refractivity contribution in [3.05, 3.63) is 34.6 Å². The molecule has 0 spiro atoms. The van der Waals surface area contributed by atoms with Gasteiger partial charge in [0.25, 0.3) is 5.91 Å². The van der Waals surface area contributed by atoms with E-state index >= 15 is 0 Å². The lowest BCUT2D eigenvalue weighted by atomic mass is 10.2. The predicted octanol–water partition coefficient (Wildman–Crippen LogP) is 1.62. The van der Waals surface area contributed by atoms with Crippen LogP contribution in [0, 0.1) is 5.82 Å². The predicted molar refractivity (Wildman–Crippen MR) is 75.5 cm³/mol. The van der Waals surface area contributed by atoms with Crippen LogP contribution in [0.3, 0.4) is 0 Å². The van der Waals surface area contributed by atoms with Gasteiger partial charge in [0.1, 0.15) is 5.82 Å². The number of hydrogen-bond acceptors (Lipinski definition) is 3. The summed E-state index contributed by atoms with van der Waals surface area (Å²) in [5, 5.41) is 8.91. The zero-order valence-electron chi connectivity index (χ0n) is 11.2. The number of hydrogen-bond donors (Lipinski definition) is 1. The first-order valence-corrected chi connectivity index (χ1v) is 7.07. The molecule has 2 rings (SSSR count). The Balaban J connectivity index is 2.03. The molecule has 0 aromatic heterocycles. The van der Waals surface area contributed by atoms with Gasteiger partial charge in [0.15, 0.2) is 0 Å². The largest absolute Gasteiger partial charge is 0.395 e. The second-order valence-electron chi connectivity index (χ2n) is 4.84. The highest BCUT2D eigenvalue weighted by Crippen LogP contribution is 2.18. The standard InChI is InChI=1S/C14H18ClFN2O2/c15-12-10-11(2-3-13(12)16)14(20)18-5-1-4-17(6-7-18)8-9-19/h2-3,10,19H,1,4-9H2. The normalized spacial score (nSPS) is 17.1. The molecule has 1 saturated heterocycles. The molecule has 110 valence electrons. The molecule has 0 bridgehead atoms. The third-order valence-electron chi connectivity index (χ3n) is 3.46. The number of nitrogens with zero attached hydrogens (tertiary/aromatic N) is 2. The Labute approximate surface area is 122 Å². The first-order valence-electron chi connectivity index (χ1n) is 6.69. The summed E-state index contributed by atoms with van der Waals surface area (Å²) >= 11 is 5.71. The molecule has 0 saturated carbocycles. The summed E-state index contributed by atoms with van der Waals surface area (Å²) < 4.78 is 13.1. The fourth-order valence-electron chi connectivity index (χ4n) is 2.35. The van der Waals surface area contributed by atoms with E-state index in [4.69, 9.17) is 16.7 Å². The third-order valence-corrected chi connectivity index (χ3v) is 3.75. The van der Waals surface area contributed by atoms with Gasteiger partial charge in [0.05, 0.1) is 11.6 Å². The number of rotatable bonds is 3. The molecule has 4 nitrogen and oxygen atoms in total. The van der Waals surface area contributed by atoms with Crippen molar-refractivity contribution in [3.63, 3.8) is 0 Å². The Morgan fingerprint density at radius 1 is 1.30 bits per heavy atom. The van der Waals surface area contributed by atoms with E-state index in [1.165, 1.54) is 18.2 Å². The van der Waals surface area contributed by atoms with Crippen LogP contribution in [0.4, 0.5) is 4.39 Å². The van der Waals surface area contributed by atoms with E-state index in [9.17, 15) is 9.18 Å². The summed E-state index contributed by atoms with van der Waals surface area (Å²) in [5.41, 5.74) is 0.409. The van der Waals surface area contributed by atoms with Crippen molar-refractivity contribution in [1.29, 1.82) is 0 Å². The van der Waals surface area contributed by atoms with E-state index < -0.39 is 5.82 Å². The van der Waals surface area contributed by atoms with E-state index in [1.54, 1.807) is 4.90 Å².